The molecule has 0 amide bonds. The van der Waals surface area contributed by atoms with Crippen molar-refractivity contribution in [3.8, 4) is 0 Å². The maximum absolute atomic E-state index is 12.1. The Bertz CT molecular complexity index is 695. The second kappa shape index (κ2) is 5.73. The summed E-state index contributed by atoms with van der Waals surface area (Å²) < 4.78 is 0. The predicted molar refractivity (Wildman–Crippen MR) is 85.9 cm³/mol. The highest BCUT2D eigenvalue weighted by atomic mass is 32.1. The molecule has 1 aliphatic rings. The van der Waals surface area contributed by atoms with Crippen LogP contribution in [0.2, 0.25) is 0 Å². The molecule has 4 nitrogen and oxygen atoms in total. The fraction of sp³-hybridized carbons (Fsp3) is 0.500. The zero-order valence-corrected chi connectivity index (χ0v) is 13.6. The lowest BCUT2D eigenvalue weighted by molar-refractivity contribution is 0.566. The number of fused-ring (bicyclic) bond motifs is 1. The summed E-state index contributed by atoms with van der Waals surface area (Å²) in [5, 5.41) is 3.46. The van der Waals surface area contributed by atoms with Gasteiger partial charge in [-0.1, -0.05) is 0 Å². The quantitative estimate of drug-likeness (QED) is 0.913. The van der Waals surface area contributed by atoms with Gasteiger partial charge in [0.15, 0.2) is 0 Å². The molecule has 0 spiro atoms. The van der Waals surface area contributed by atoms with Crippen molar-refractivity contribution in [2.75, 3.05) is 0 Å². The second-order valence-corrected chi connectivity index (χ2v) is 6.99. The van der Waals surface area contributed by atoms with Crippen LogP contribution in [0.5, 0.6) is 0 Å². The fourth-order valence-electron chi connectivity index (χ4n) is 3.08. The zero-order chi connectivity index (χ0) is 15.0. The van der Waals surface area contributed by atoms with Crippen molar-refractivity contribution in [1.82, 2.24) is 15.3 Å². The van der Waals surface area contributed by atoms with Crippen LogP contribution in [0.3, 0.4) is 0 Å². The van der Waals surface area contributed by atoms with Gasteiger partial charge in [0.05, 0.1) is 5.56 Å². The van der Waals surface area contributed by atoms with Gasteiger partial charge in [-0.25, -0.2) is 4.98 Å². The molecule has 2 N–H and O–H groups in total. The molecule has 0 saturated carbocycles. The molecule has 0 aromatic carbocycles. The molecule has 2 aromatic heterocycles. The minimum absolute atomic E-state index is 0.00112. The van der Waals surface area contributed by atoms with Gasteiger partial charge in [0.2, 0.25) is 0 Å². The van der Waals surface area contributed by atoms with Crippen LogP contribution in [-0.4, -0.2) is 9.97 Å². The van der Waals surface area contributed by atoms with Crippen molar-refractivity contribution in [1.29, 1.82) is 0 Å². The van der Waals surface area contributed by atoms with Crippen LogP contribution >= 0.6 is 11.3 Å². The molecule has 0 fully saturated rings. The molecule has 1 aliphatic carbocycles. The predicted octanol–water partition coefficient (Wildman–Crippen LogP) is 2.79. The SMILES string of the molecule is Cc1nc(C)c(C(C)NCc2cc3c(s2)CCC3)c(=O)[nH]1. The summed E-state index contributed by atoms with van der Waals surface area (Å²) in [6, 6.07) is 2.32. The van der Waals surface area contributed by atoms with E-state index in [9.17, 15) is 4.79 Å². The summed E-state index contributed by atoms with van der Waals surface area (Å²) in [6.45, 7) is 6.54. The van der Waals surface area contributed by atoms with E-state index in [-0.39, 0.29) is 11.6 Å². The third kappa shape index (κ3) is 2.94. The van der Waals surface area contributed by atoms with Gasteiger partial charge in [0, 0.05) is 28.0 Å². The molecule has 5 heteroatoms. The molecule has 2 aromatic rings. The van der Waals surface area contributed by atoms with Gasteiger partial charge in [-0.15, -0.1) is 11.3 Å². The normalized spacial score (nSPS) is 15.2. The van der Waals surface area contributed by atoms with Crippen molar-refractivity contribution >= 4 is 11.3 Å². The molecule has 1 atom stereocenters. The lowest BCUT2D eigenvalue weighted by Crippen LogP contribution is -2.27. The Morgan fingerprint density at radius 3 is 2.95 bits per heavy atom. The number of H-pyrrole nitrogens is 1. The number of aromatic amines is 1. The Balaban J connectivity index is 1.71. The van der Waals surface area contributed by atoms with E-state index < -0.39 is 0 Å². The lowest BCUT2D eigenvalue weighted by atomic mass is 10.1. The zero-order valence-electron chi connectivity index (χ0n) is 12.7. The molecule has 0 aliphatic heterocycles. The number of hydrogen-bond donors (Lipinski definition) is 2. The molecule has 0 radical (unpaired) electrons. The average molecular weight is 303 g/mol. The Hall–Kier alpha value is -1.46. The highest BCUT2D eigenvalue weighted by molar-refractivity contribution is 7.12. The molecule has 2 heterocycles. The summed E-state index contributed by atoms with van der Waals surface area (Å²) in [7, 11) is 0. The number of hydrogen-bond acceptors (Lipinski definition) is 4. The Kier molecular flexibility index (Phi) is 3.95. The van der Waals surface area contributed by atoms with Gasteiger partial charge >= 0.3 is 0 Å². The van der Waals surface area contributed by atoms with Crippen molar-refractivity contribution in [3.05, 3.63) is 48.8 Å². The van der Waals surface area contributed by atoms with Crippen LogP contribution in [0.4, 0.5) is 0 Å². The summed E-state index contributed by atoms with van der Waals surface area (Å²) >= 11 is 1.91. The van der Waals surface area contributed by atoms with Crippen LogP contribution in [0.15, 0.2) is 10.9 Å². The number of nitrogens with zero attached hydrogens (tertiary/aromatic N) is 1. The molecule has 0 bridgehead atoms. The number of aryl methyl sites for hydroxylation is 4. The summed E-state index contributed by atoms with van der Waals surface area (Å²) in [4.78, 5) is 22.1. The van der Waals surface area contributed by atoms with E-state index in [2.05, 4.69) is 21.4 Å². The van der Waals surface area contributed by atoms with E-state index in [1.165, 1.54) is 29.7 Å². The Morgan fingerprint density at radius 2 is 2.24 bits per heavy atom. The van der Waals surface area contributed by atoms with Gasteiger partial charge in [0.1, 0.15) is 5.82 Å². The third-order valence-electron chi connectivity index (χ3n) is 4.08. The Morgan fingerprint density at radius 1 is 1.43 bits per heavy atom. The number of aromatic nitrogens is 2. The third-order valence-corrected chi connectivity index (χ3v) is 5.31. The van der Waals surface area contributed by atoms with E-state index in [1.54, 1.807) is 4.88 Å². The number of nitrogens with one attached hydrogen (secondary N) is 2. The molecular weight excluding hydrogens is 282 g/mol. The fourth-order valence-corrected chi connectivity index (χ4v) is 4.29. The highest BCUT2D eigenvalue weighted by Crippen LogP contribution is 2.30. The maximum atomic E-state index is 12.1. The monoisotopic (exact) mass is 303 g/mol. The standard InChI is InChI=1S/C16H21N3OS/c1-9(15-10(2)18-11(3)19-16(15)20)17-8-13-7-12-5-4-6-14(12)21-13/h7,9,17H,4-6,8H2,1-3H3,(H,18,19,20). The van der Waals surface area contributed by atoms with Crippen LogP contribution in [0.25, 0.3) is 0 Å². The first kappa shape index (κ1) is 14.5. The van der Waals surface area contributed by atoms with Gasteiger partial charge in [-0.05, 0) is 51.7 Å². The smallest absolute Gasteiger partial charge is 0.255 e. The summed E-state index contributed by atoms with van der Waals surface area (Å²) in [5.74, 6) is 0.670. The highest BCUT2D eigenvalue weighted by Gasteiger charge is 2.17. The van der Waals surface area contributed by atoms with E-state index in [4.69, 9.17) is 0 Å². The molecule has 21 heavy (non-hydrogen) atoms. The van der Waals surface area contributed by atoms with E-state index in [0.29, 0.717) is 5.82 Å². The molecule has 112 valence electrons. The van der Waals surface area contributed by atoms with E-state index >= 15 is 0 Å². The van der Waals surface area contributed by atoms with Gasteiger partial charge in [-0.2, -0.15) is 0 Å². The van der Waals surface area contributed by atoms with Crippen LogP contribution in [0.1, 0.15) is 51.8 Å². The van der Waals surface area contributed by atoms with Crippen LogP contribution < -0.4 is 10.9 Å². The first-order valence-electron chi connectivity index (χ1n) is 7.46. The topological polar surface area (TPSA) is 57.8 Å². The van der Waals surface area contributed by atoms with Gasteiger partial charge in [0.25, 0.3) is 5.56 Å². The lowest BCUT2D eigenvalue weighted by Gasteiger charge is -2.15. The van der Waals surface area contributed by atoms with Gasteiger partial charge in [-0.3, -0.25) is 4.79 Å². The minimum atomic E-state index is -0.0336. The van der Waals surface area contributed by atoms with Crippen molar-refractivity contribution in [2.24, 2.45) is 0 Å². The second-order valence-electron chi connectivity index (χ2n) is 5.77. The summed E-state index contributed by atoms with van der Waals surface area (Å²) in [6.07, 6.45) is 3.76. The Labute approximate surface area is 128 Å². The average Bonchev–Trinajstić information content (AvgIpc) is 2.95. The van der Waals surface area contributed by atoms with Crippen LogP contribution in [-0.2, 0) is 19.4 Å². The number of rotatable bonds is 4. The molecule has 1 unspecified atom stereocenters. The first-order valence-corrected chi connectivity index (χ1v) is 8.27. The van der Waals surface area contributed by atoms with Crippen molar-refractivity contribution < 1.29 is 0 Å². The number of thiophene rings is 1. The molecular formula is C16H21N3OS. The van der Waals surface area contributed by atoms with Gasteiger partial charge < -0.3 is 10.3 Å². The minimum Gasteiger partial charge on any atom is -0.310 e. The maximum Gasteiger partial charge on any atom is 0.255 e. The summed E-state index contributed by atoms with van der Waals surface area (Å²) in [5.41, 5.74) is 3.04. The molecule has 3 rings (SSSR count). The van der Waals surface area contributed by atoms with Crippen LogP contribution in [0, 0.1) is 13.8 Å². The van der Waals surface area contributed by atoms with Crippen molar-refractivity contribution in [2.45, 2.75) is 52.6 Å². The van der Waals surface area contributed by atoms with E-state index in [0.717, 1.165) is 17.8 Å². The first-order chi connectivity index (χ1) is 10.0. The van der Waals surface area contributed by atoms with Crippen molar-refractivity contribution in [3.63, 3.8) is 0 Å². The van der Waals surface area contributed by atoms with E-state index in [1.807, 2.05) is 32.1 Å². The largest absolute Gasteiger partial charge is 0.310 e. The molecule has 0 saturated heterocycles.